The molecule has 0 saturated carbocycles. The predicted octanol–water partition coefficient (Wildman–Crippen LogP) is 2.22. The first-order valence-corrected chi connectivity index (χ1v) is 6.49. The van der Waals surface area contributed by atoms with Gasteiger partial charge in [0.1, 0.15) is 0 Å². The predicted molar refractivity (Wildman–Crippen MR) is 71.8 cm³/mol. The number of amides is 1. The summed E-state index contributed by atoms with van der Waals surface area (Å²) in [6.07, 6.45) is 3.33. The van der Waals surface area contributed by atoms with E-state index in [4.69, 9.17) is 22.1 Å². The van der Waals surface area contributed by atoms with E-state index in [1.165, 1.54) is 0 Å². The topological polar surface area (TPSA) is 64.4 Å². The van der Waals surface area contributed by atoms with Crippen LogP contribution < -0.4 is 11.1 Å². The smallest absolute Gasteiger partial charge is 0.252 e. The second-order valence-electron chi connectivity index (χ2n) is 4.42. The van der Waals surface area contributed by atoms with E-state index in [2.05, 4.69) is 5.32 Å². The number of anilines is 1. The summed E-state index contributed by atoms with van der Waals surface area (Å²) in [6, 6.07) is 4.89. The van der Waals surface area contributed by atoms with Crippen LogP contribution in [0.1, 0.15) is 29.6 Å². The highest BCUT2D eigenvalue weighted by Crippen LogP contribution is 2.19. The number of hydrogen-bond acceptors (Lipinski definition) is 3. The van der Waals surface area contributed by atoms with Crippen LogP contribution in [0.3, 0.4) is 0 Å². The Labute approximate surface area is 111 Å². The van der Waals surface area contributed by atoms with Crippen molar-refractivity contribution >= 4 is 23.2 Å². The lowest BCUT2D eigenvalue weighted by molar-refractivity contribution is 0.0907. The van der Waals surface area contributed by atoms with E-state index in [0.29, 0.717) is 22.8 Å². The van der Waals surface area contributed by atoms with E-state index < -0.39 is 0 Å². The van der Waals surface area contributed by atoms with Gasteiger partial charge in [0, 0.05) is 18.8 Å². The summed E-state index contributed by atoms with van der Waals surface area (Å²) in [5.41, 5.74) is 6.59. The monoisotopic (exact) mass is 268 g/mol. The van der Waals surface area contributed by atoms with Crippen molar-refractivity contribution in [3.8, 4) is 0 Å². The van der Waals surface area contributed by atoms with Crippen molar-refractivity contribution in [3.63, 3.8) is 0 Å². The molecule has 0 spiro atoms. The molecule has 1 heterocycles. The second kappa shape index (κ2) is 6.07. The molecule has 1 amide bonds. The molecular weight excluding hydrogens is 252 g/mol. The molecule has 4 nitrogen and oxygen atoms in total. The van der Waals surface area contributed by atoms with Crippen molar-refractivity contribution in [2.24, 2.45) is 0 Å². The van der Waals surface area contributed by atoms with Crippen molar-refractivity contribution in [2.75, 3.05) is 18.9 Å². The van der Waals surface area contributed by atoms with Crippen molar-refractivity contribution in [2.45, 2.75) is 25.4 Å². The maximum absolute atomic E-state index is 11.9. The summed E-state index contributed by atoms with van der Waals surface area (Å²) in [4.78, 5) is 11.9. The van der Waals surface area contributed by atoms with E-state index in [1.807, 2.05) is 0 Å². The van der Waals surface area contributed by atoms with Crippen molar-refractivity contribution in [1.82, 2.24) is 5.32 Å². The average Bonchev–Trinajstić information content (AvgIpc) is 2.81. The van der Waals surface area contributed by atoms with Crippen LogP contribution in [0.2, 0.25) is 5.02 Å². The van der Waals surface area contributed by atoms with E-state index >= 15 is 0 Å². The molecule has 18 heavy (non-hydrogen) atoms. The van der Waals surface area contributed by atoms with Gasteiger partial charge in [0.25, 0.3) is 5.91 Å². The molecule has 2 rings (SSSR count). The first kappa shape index (κ1) is 13.2. The van der Waals surface area contributed by atoms with Crippen molar-refractivity contribution < 1.29 is 9.53 Å². The summed E-state index contributed by atoms with van der Waals surface area (Å²) in [7, 11) is 0. The Kier molecular flexibility index (Phi) is 4.44. The zero-order valence-electron chi connectivity index (χ0n) is 10.1. The molecule has 0 radical (unpaired) electrons. The molecular formula is C13H17ClN2O2. The molecule has 1 aliphatic heterocycles. The maximum Gasteiger partial charge on any atom is 0.252 e. The SMILES string of the molecule is Nc1ccc(C(=O)NCCC2CCCO2)c(Cl)c1. The minimum absolute atomic E-state index is 0.169. The van der Waals surface area contributed by atoms with Gasteiger partial charge >= 0.3 is 0 Å². The fourth-order valence-corrected chi connectivity index (χ4v) is 2.30. The molecule has 1 aliphatic rings. The molecule has 0 aromatic heterocycles. The number of nitrogens with two attached hydrogens (primary N) is 1. The van der Waals surface area contributed by atoms with Crippen LogP contribution in [0.4, 0.5) is 5.69 Å². The number of benzene rings is 1. The van der Waals surface area contributed by atoms with Gasteiger partial charge in [-0.15, -0.1) is 0 Å². The number of halogens is 1. The Balaban J connectivity index is 1.83. The van der Waals surface area contributed by atoms with Gasteiger partial charge in [-0.3, -0.25) is 4.79 Å². The third kappa shape index (κ3) is 3.37. The molecule has 3 N–H and O–H groups in total. The van der Waals surface area contributed by atoms with Gasteiger partial charge in [-0.25, -0.2) is 0 Å². The van der Waals surface area contributed by atoms with Crippen molar-refractivity contribution in [1.29, 1.82) is 0 Å². The molecule has 0 bridgehead atoms. The Hall–Kier alpha value is -1.26. The quantitative estimate of drug-likeness (QED) is 0.823. The lowest BCUT2D eigenvalue weighted by Gasteiger charge is -2.10. The van der Waals surface area contributed by atoms with Crippen LogP contribution in [-0.2, 0) is 4.74 Å². The fourth-order valence-electron chi connectivity index (χ4n) is 2.03. The molecule has 0 aliphatic carbocycles. The third-order valence-corrected chi connectivity index (χ3v) is 3.33. The van der Waals surface area contributed by atoms with Gasteiger partial charge in [-0.1, -0.05) is 11.6 Å². The number of nitrogen functional groups attached to an aromatic ring is 1. The van der Waals surface area contributed by atoms with E-state index in [-0.39, 0.29) is 12.0 Å². The Morgan fingerprint density at radius 2 is 2.39 bits per heavy atom. The second-order valence-corrected chi connectivity index (χ2v) is 4.83. The zero-order valence-corrected chi connectivity index (χ0v) is 10.9. The largest absolute Gasteiger partial charge is 0.399 e. The van der Waals surface area contributed by atoms with Gasteiger partial charge in [-0.2, -0.15) is 0 Å². The van der Waals surface area contributed by atoms with Gasteiger partial charge in [0.05, 0.1) is 16.7 Å². The zero-order chi connectivity index (χ0) is 13.0. The van der Waals surface area contributed by atoms with Crippen molar-refractivity contribution in [3.05, 3.63) is 28.8 Å². The minimum Gasteiger partial charge on any atom is -0.399 e. The number of carbonyl (C=O) groups is 1. The Morgan fingerprint density at radius 1 is 1.56 bits per heavy atom. The molecule has 1 fully saturated rings. The summed E-state index contributed by atoms with van der Waals surface area (Å²) < 4.78 is 5.49. The van der Waals surface area contributed by atoms with Crippen LogP contribution in [0.15, 0.2) is 18.2 Å². The van der Waals surface area contributed by atoms with Crippen LogP contribution in [0, 0.1) is 0 Å². The Bertz CT molecular complexity index is 431. The highest BCUT2D eigenvalue weighted by atomic mass is 35.5. The third-order valence-electron chi connectivity index (χ3n) is 3.01. The maximum atomic E-state index is 11.9. The molecule has 1 aromatic carbocycles. The van der Waals surface area contributed by atoms with E-state index in [0.717, 1.165) is 25.9 Å². The average molecular weight is 269 g/mol. The molecule has 5 heteroatoms. The summed E-state index contributed by atoms with van der Waals surface area (Å²) in [5, 5.41) is 3.22. The highest BCUT2D eigenvalue weighted by molar-refractivity contribution is 6.34. The number of rotatable bonds is 4. The van der Waals surface area contributed by atoms with Crippen LogP contribution in [0.5, 0.6) is 0 Å². The van der Waals surface area contributed by atoms with Crippen LogP contribution in [-0.4, -0.2) is 25.2 Å². The molecule has 1 atom stereocenters. The first-order chi connectivity index (χ1) is 8.66. The van der Waals surface area contributed by atoms with Gasteiger partial charge in [0.15, 0.2) is 0 Å². The number of ether oxygens (including phenoxy) is 1. The summed E-state index contributed by atoms with van der Waals surface area (Å²) in [6.45, 7) is 1.44. The lowest BCUT2D eigenvalue weighted by atomic mass is 10.1. The number of nitrogens with one attached hydrogen (secondary N) is 1. The normalized spacial score (nSPS) is 18.8. The molecule has 1 aromatic rings. The van der Waals surface area contributed by atoms with Crippen LogP contribution >= 0.6 is 11.6 Å². The summed E-state index contributed by atoms with van der Waals surface area (Å²) in [5.74, 6) is -0.169. The van der Waals surface area contributed by atoms with E-state index in [1.54, 1.807) is 18.2 Å². The molecule has 98 valence electrons. The summed E-state index contributed by atoms with van der Waals surface area (Å²) >= 11 is 5.96. The Morgan fingerprint density at radius 3 is 3.06 bits per heavy atom. The standard InChI is InChI=1S/C13H17ClN2O2/c14-12-8-9(15)3-4-11(12)13(17)16-6-5-10-2-1-7-18-10/h3-4,8,10H,1-2,5-7,15H2,(H,16,17). The first-order valence-electron chi connectivity index (χ1n) is 6.11. The molecule has 1 saturated heterocycles. The minimum atomic E-state index is -0.169. The van der Waals surface area contributed by atoms with E-state index in [9.17, 15) is 4.79 Å². The van der Waals surface area contributed by atoms with Gasteiger partial charge in [0.2, 0.25) is 0 Å². The lowest BCUT2D eigenvalue weighted by Crippen LogP contribution is -2.27. The van der Waals surface area contributed by atoms with Gasteiger partial charge in [-0.05, 0) is 37.5 Å². The fraction of sp³-hybridized carbons (Fsp3) is 0.462. The van der Waals surface area contributed by atoms with Crippen LogP contribution in [0.25, 0.3) is 0 Å². The highest BCUT2D eigenvalue weighted by Gasteiger charge is 2.16. The molecule has 1 unspecified atom stereocenters. The van der Waals surface area contributed by atoms with Gasteiger partial charge < -0.3 is 15.8 Å². The number of hydrogen-bond donors (Lipinski definition) is 2. The number of carbonyl (C=O) groups excluding carboxylic acids is 1.